The molecule has 0 bridgehead atoms. The van der Waals surface area contributed by atoms with Gasteiger partial charge in [-0.25, -0.2) is 0 Å². The Morgan fingerprint density at radius 1 is 0.824 bits per heavy atom. The van der Waals surface area contributed by atoms with Crippen molar-refractivity contribution in [1.29, 1.82) is 0 Å². The number of nitrogens with zero attached hydrogens (tertiary/aromatic N) is 2. The van der Waals surface area contributed by atoms with Gasteiger partial charge in [0, 0.05) is 0 Å². The monoisotopic (exact) mass is 243 g/mol. The van der Waals surface area contributed by atoms with Crippen LogP contribution < -0.4 is 5.32 Å². The van der Waals surface area contributed by atoms with Gasteiger partial charge in [-0.1, -0.05) is 13.8 Å². The third-order valence-corrected chi connectivity index (χ3v) is 3.03. The van der Waals surface area contributed by atoms with Crippen LogP contribution in [-0.4, -0.2) is 63.2 Å². The fourth-order valence-corrected chi connectivity index (χ4v) is 1.93. The zero-order chi connectivity index (χ0) is 12.9. The molecule has 0 saturated carbocycles. The number of hydrogen-bond acceptors (Lipinski definition) is 3. The first-order valence-electron chi connectivity index (χ1n) is 7.28. The maximum absolute atomic E-state index is 3.46. The molecule has 0 aliphatic heterocycles. The lowest BCUT2D eigenvalue weighted by Crippen LogP contribution is -2.28. The number of rotatable bonds is 12. The minimum atomic E-state index is 1.17. The molecule has 0 atom stereocenters. The molecule has 0 heterocycles. The molecule has 0 aliphatic carbocycles. The van der Waals surface area contributed by atoms with E-state index in [-0.39, 0.29) is 0 Å². The summed E-state index contributed by atoms with van der Waals surface area (Å²) in [5.41, 5.74) is 0. The van der Waals surface area contributed by atoms with Gasteiger partial charge in [-0.2, -0.15) is 0 Å². The van der Waals surface area contributed by atoms with E-state index < -0.39 is 0 Å². The molecule has 0 saturated heterocycles. The van der Waals surface area contributed by atoms with E-state index in [9.17, 15) is 0 Å². The minimum Gasteiger partial charge on any atom is -0.317 e. The maximum Gasteiger partial charge on any atom is -0.000667 e. The van der Waals surface area contributed by atoms with Gasteiger partial charge in [-0.3, -0.25) is 0 Å². The Balaban J connectivity index is 3.35. The van der Waals surface area contributed by atoms with Crippen LogP contribution in [0, 0.1) is 0 Å². The Hall–Kier alpha value is -0.120. The van der Waals surface area contributed by atoms with Gasteiger partial charge >= 0.3 is 0 Å². The quantitative estimate of drug-likeness (QED) is 0.529. The van der Waals surface area contributed by atoms with Gasteiger partial charge in [0.1, 0.15) is 0 Å². The van der Waals surface area contributed by atoms with Crippen LogP contribution >= 0.6 is 0 Å². The Morgan fingerprint density at radius 2 is 1.53 bits per heavy atom. The molecule has 0 amide bonds. The lowest BCUT2D eigenvalue weighted by Gasteiger charge is -2.21. The van der Waals surface area contributed by atoms with Crippen molar-refractivity contribution in [1.82, 2.24) is 15.1 Å². The fourth-order valence-electron chi connectivity index (χ4n) is 1.93. The molecule has 0 aliphatic rings. The van der Waals surface area contributed by atoms with E-state index in [2.05, 4.69) is 43.1 Å². The average molecular weight is 243 g/mol. The smallest absolute Gasteiger partial charge is 0.000667 e. The molecule has 3 nitrogen and oxygen atoms in total. The number of nitrogens with one attached hydrogen (secondary N) is 1. The summed E-state index contributed by atoms with van der Waals surface area (Å²) in [7, 11) is 4.30. The highest BCUT2D eigenvalue weighted by atomic mass is 15.1. The van der Waals surface area contributed by atoms with E-state index in [1.54, 1.807) is 0 Å². The summed E-state index contributed by atoms with van der Waals surface area (Å²) < 4.78 is 0. The molecule has 0 radical (unpaired) electrons. The Bertz CT molecular complexity index is 148. The molecule has 0 unspecified atom stereocenters. The first kappa shape index (κ1) is 16.9. The van der Waals surface area contributed by atoms with Crippen LogP contribution in [0.1, 0.15) is 39.5 Å². The molecule has 0 rings (SSSR count). The summed E-state index contributed by atoms with van der Waals surface area (Å²) in [4.78, 5) is 4.84. The molecule has 104 valence electrons. The highest BCUT2D eigenvalue weighted by Gasteiger charge is 2.01. The highest BCUT2D eigenvalue weighted by molar-refractivity contribution is 4.58. The van der Waals surface area contributed by atoms with Gasteiger partial charge in [-0.05, 0) is 79.0 Å². The molecule has 3 heteroatoms. The highest BCUT2D eigenvalue weighted by Crippen LogP contribution is 1.97. The summed E-state index contributed by atoms with van der Waals surface area (Å²) in [6.07, 6.45) is 5.16. The lowest BCUT2D eigenvalue weighted by atomic mass is 10.2. The fraction of sp³-hybridized carbons (Fsp3) is 1.00. The van der Waals surface area contributed by atoms with Crippen molar-refractivity contribution in [2.24, 2.45) is 0 Å². The predicted molar refractivity (Wildman–Crippen MR) is 77.7 cm³/mol. The Morgan fingerprint density at radius 3 is 2.12 bits per heavy atom. The Labute approximate surface area is 109 Å². The van der Waals surface area contributed by atoms with Crippen LogP contribution in [-0.2, 0) is 0 Å². The van der Waals surface area contributed by atoms with Gasteiger partial charge in [0.2, 0.25) is 0 Å². The third-order valence-electron chi connectivity index (χ3n) is 3.03. The second-order valence-corrected chi connectivity index (χ2v) is 5.05. The number of hydrogen-bond donors (Lipinski definition) is 1. The molecular formula is C14H33N3. The van der Waals surface area contributed by atoms with Crippen LogP contribution in [0.4, 0.5) is 0 Å². The van der Waals surface area contributed by atoms with E-state index in [1.807, 2.05) is 0 Å². The average Bonchev–Trinajstić information content (AvgIpc) is 2.30. The standard InChI is InChI=1S/C14H33N3/c1-5-10-15-11-7-8-13-17(6-2)14-9-12-16(3)4/h15H,5-14H2,1-4H3. The second kappa shape index (κ2) is 12.3. The zero-order valence-electron chi connectivity index (χ0n) is 12.5. The Kier molecular flexibility index (Phi) is 12.3. The van der Waals surface area contributed by atoms with Crippen LogP contribution in [0.5, 0.6) is 0 Å². The van der Waals surface area contributed by atoms with Crippen molar-refractivity contribution in [3.8, 4) is 0 Å². The summed E-state index contributed by atoms with van der Waals surface area (Å²) in [6, 6.07) is 0. The van der Waals surface area contributed by atoms with E-state index in [1.165, 1.54) is 65.0 Å². The van der Waals surface area contributed by atoms with Crippen LogP contribution in [0.3, 0.4) is 0 Å². The van der Waals surface area contributed by atoms with Crippen LogP contribution in [0.25, 0.3) is 0 Å². The van der Waals surface area contributed by atoms with Crippen molar-refractivity contribution in [3.63, 3.8) is 0 Å². The van der Waals surface area contributed by atoms with Crippen molar-refractivity contribution in [3.05, 3.63) is 0 Å². The summed E-state index contributed by atoms with van der Waals surface area (Å²) in [5.74, 6) is 0. The molecule has 0 aromatic carbocycles. The molecular weight excluding hydrogens is 210 g/mol. The van der Waals surface area contributed by atoms with Crippen molar-refractivity contribution >= 4 is 0 Å². The largest absolute Gasteiger partial charge is 0.317 e. The molecule has 1 N–H and O–H groups in total. The molecule has 0 spiro atoms. The van der Waals surface area contributed by atoms with E-state index in [0.717, 1.165) is 0 Å². The normalized spacial score (nSPS) is 11.6. The van der Waals surface area contributed by atoms with Gasteiger partial charge in [-0.15, -0.1) is 0 Å². The van der Waals surface area contributed by atoms with Crippen LogP contribution in [0.2, 0.25) is 0 Å². The van der Waals surface area contributed by atoms with E-state index in [4.69, 9.17) is 0 Å². The van der Waals surface area contributed by atoms with Gasteiger partial charge < -0.3 is 15.1 Å². The van der Waals surface area contributed by atoms with Gasteiger partial charge in [0.15, 0.2) is 0 Å². The lowest BCUT2D eigenvalue weighted by molar-refractivity contribution is 0.261. The summed E-state index contributed by atoms with van der Waals surface area (Å²) in [5, 5.41) is 3.46. The predicted octanol–water partition coefficient (Wildman–Crippen LogP) is 2.04. The first-order valence-corrected chi connectivity index (χ1v) is 7.28. The molecule has 0 fully saturated rings. The number of unbranched alkanes of at least 4 members (excludes halogenated alkanes) is 1. The zero-order valence-corrected chi connectivity index (χ0v) is 12.5. The van der Waals surface area contributed by atoms with Crippen LogP contribution in [0.15, 0.2) is 0 Å². The SMILES string of the molecule is CCCNCCCCN(CC)CCCN(C)C. The molecule has 0 aromatic heterocycles. The van der Waals surface area contributed by atoms with Crippen molar-refractivity contribution in [2.45, 2.75) is 39.5 Å². The second-order valence-electron chi connectivity index (χ2n) is 5.05. The van der Waals surface area contributed by atoms with Crippen molar-refractivity contribution < 1.29 is 0 Å². The molecule has 17 heavy (non-hydrogen) atoms. The van der Waals surface area contributed by atoms with Crippen molar-refractivity contribution in [2.75, 3.05) is 53.4 Å². The maximum atomic E-state index is 3.46. The summed E-state index contributed by atoms with van der Waals surface area (Å²) in [6.45, 7) is 11.7. The minimum absolute atomic E-state index is 1.17. The van der Waals surface area contributed by atoms with Gasteiger partial charge in [0.05, 0.1) is 0 Å². The molecule has 0 aromatic rings. The van der Waals surface area contributed by atoms with E-state index in [0.29, 0.717) is 0 Å². The topological polar surface area (TPSA) is 18.5 Å². The third kappa shape index (κ3) is 12.1. The first-order chi connectivity index (χ1) is 8.20. The van der Waals surface area contributed by atoms with Gasteiger partial charge in [0.25, 0.3) is 0 Å². The van der Waals surface area contributed by atoms with E-state index >= 15 is 0 Å². The summed E-state index contributed by atoms with van der Waals surface area (Å²) >= 11 is 0.